The van der Waals surface area contributed by atoms with E-state index in [2.05, 4.69) is 5.92 Å². The second-order valence-corrected chi connectivity index (χ2v) is 4.58. The van der Waals surface area contributed by atoms with E-state index in [0.717, 1.165) is 0 Å². The van der Waals surface area contributed by atoms with E-state index in [1.807, 2.05) is 0 Å². The number of halogens is 2. The van der Waals surface area contributed by atoms with Gasteiger partial charge < -0.3 is 19.1 Å². The second-order valence-electron chi connectivity index (χ2n) is 3.48. The van der Waals surface area contributed by atoms with E-state index in [4.69, 9.17) is 43.8 Å². The number of terminal acetylenes is 1. The minimum Gasteiger partial charge on any atom is -0.382 e. The van der Waals surface area contributed by atoms with Gasteiger partial charge in [0.15, 0.2) is 4.84 Å². The predicted molar refractivity (Wildman–Crippen MR) is 74.4 cm³/mol. The summed E-state index contributed by atoms with van der Waals surface area (Å²) < 4.78 is 15.3. The van der Waals surface area contributed by atoms with E-state index in [1.165, 1.54) is 4.90 Å². The van der Waals surface area contributed by atoms with E-state index in [-0.39, 0.29) is 6.54 Å². The first-order valence-corrected chi connectivity index (χ1v) is 6.65. The maximum atomic E-state index is 11.5. The smallest absolute Gasteiger partial charge is 0.256 e. The molecule has 5 nitrogen and oxygen atoms in total. The van der Waals surface area contributed by atoms with Crippen molar-refractivity contribution in [1.82, 2.24) is 4.90 Å². The van der Waals surface area contributed by atoms with Crippen molar-refractivity contribution in [2.45, 2.75) is 4.84 Å². The highest BCUT2D eigenvalue weighted by atomic mass is 35.5. The molecule has 0 N–H and O–H groups in total. The molecule has 0 fully saturated rings. The van der Waals surface area contributed by atoms with Gasteiger partial charge in [-0.25, -0.2) is 0 Å². The molecule has 0 aliphatic carbocycles. The van der Waals surface area contributed by atoms with Crippen molar-refractivity contribution in [3.05, 3.63) is 0 Å². The number of alkyl halides is 2. The average molecular weight is 312 g/mol. The van der Waals surface area contributed by atoms with E-state index in [9.17, 15) is 4.79 Å². The number of nitrogens with zero attached hydrogens (tertiary/aromatic N) is 1. The summed E-state index contributed by atoms with van der Waals surface area (Å²) in [4.78, 5) is 11.8. The Labute approximate surface area is 124 Å². The average Bonchev–Trinajstić information content (AvgIpc) is 2.39. The van der Waals surface area contributed by atoms with Crippen LogP contribution in [0.2, 0.25) is 0 Å². The highest BCUT2D eigenvalue weighted by molar-refractivity contribution is 6.53. The number of amides is 1. The monoisotopic (exact) mass is 311 g/mol. The molecule has 1 amide bonds. The Balaban J connectivity index is 3.65. The molecular weight excluding hydrogens is 293 g/mol. The van der Waals surface area contributed by atoms with Crippen molar-refractivity contribution < 1.29 is 19.0 Å². The lowest BCUT2D eigenvalue weighted by Gasteiger charge is -2.20. The summed E-state index contributed by atoms with van der Waals surface area (Å²) in [6.45, 7) is 2.84. The van der Waals surface area contributed by atoms with Crippen LogP contribution < -0.4 is 0 Å². The van der Waals surface area contributed by atoms with Gasteiger partial charge in [-0.1, -0.05) is 29.1 Å². The van der Waals surface area contributed by atoms with Crippen molar-refractivity contribution in [1.29, 1.82) is 0 Å². The summed E-state index contributed by atoms with van der Waals surface area (Å²) in [6.07, 6.45) is 5.16. The number of ether oxygens (including phenoxy) is 3. The number of hydrogen-bond donors (Lipinski definition) is 0. The molecule has 0 rings (SSSR count). The SMILES string of the molecule is C#CCN(CCOCCOCCOC)C(=O)C(Cl)Cl. The van der Waals surface area contributed by atoms with Gasteiger partial charge in [-0.2, -0.15) is 0 Å². The third-order valence-electron chi connectivity index (χ3n) is 2.09. The van der Waals surface area contributed by atoms with Gasteiger partial charge in [0.05, 0.1) is 39.6 Å². The molecule has 0 aromatic carbocycles. The molecule has 110 valence electrons. The van der Waals surface area contributed by atoms with Crippen molar-refractivity contribution in [3.8, 4) is 12.3 Å². The standard InChI is InChI=1S/C12H19Cl2NO4/c1-3-4-15(12(16)11(13)14)5-6-18-9-10-19-8-7-17-2/h1,11H,4-10H2,2H3. The fourth-order valence-corrected chi connectivity index (χ4v) is 1.43. The first-order valence-electron chi connectivity index (χ1n) is 5.78. The summed E-state index contributed by atoms with van der Waals surface area (Å²) in [6, 6.07) is 0. The second kappa shape index (κ2) is 12.5. The zero-order valence-corrected chi connectivity index (χ0v) is 12.5. The Morgan fingerprint density at radius 3 is 2.32 bits per heavy atom. The first-order chi connectivity index (χ1) is 9.13. The topological polar surface area (TPSA) is 48.0 Å². The van der Waals surface area contributed by atoms with Crippen LogP contribution in [0.15, 0.2) is 0 Å². The Morgan fingerprint density at radius 1 is 1.21 bits per heavy atom. The Kier molecular flexibility index (Phi) is 12.2. The first kappa shape index (κ1) is 18.5. The normalized spacial score (nSPS) is 10.5. The fraction of sp³-hybridized carbons (Fsp3) is 0.750. The van der Waals surface area contributed by atoms with Crippen LogP contribution in [-0.4, -0.2) is 68.9 Å². The zero-order chi connectivity index (χ0) is 14.5. The van der Waals surface area contributed by atoms with Crippen LogP contribution in [0.4, 0.5) is 0 Å². The fourth-order valence-electron chi connectivity index (χ4n) is 1.15. The minimum absolute atomic E-state index is 0.155. The summed E-state index contributed by atoms with van der Waals surface area (Å²) in [7, 11) is 1.61. The maximum Gasteiger partial charge on any atom is 0.256 e. The molecule has 0 aliphatic rings. The molecule has 7 heteroatoms. The van der Waals surface area contributed by atoms with Crippen LogP contribution in [0.1, 0.15) is 0 Å². The largest absolute Gasteiger partial charge is 0.382 e. The van der Waals surface area contributed by atoms with Crippen LogP contribution in [0, 0.1) is 12.3 Å². The zero-order valence-electron chi connectivity index (χ0n) is 10.9. The molecule has 0 atom stereocenters. The van der Waals surface area contributed by atoms with Crippen LogP contribution in [0.25, 0.3) is 0 Å². The van der Waals surface area contributed by atoms with E-state index >= 15 is 0 Å². The van der Waals surface area contributed by atoms with Gasteiger partial charge in [-0.3, -0.25) is 4.79 Å². The maximum absolute atomic E-state index is 11.5. The van der Waals surface area contributed by atoms with Crippen LogP contribution in [-0.2, 0) is 19.0 Å². The third-order valence-corrected chi connectivity index (χ3v) is 2.46. The number of methoxy groups -OCH3 is 1. The number of carbonyl (C=O) groups excluding carboxylic acids is 1. The van der Waals surface area contributed by atoms with Crippen LogP contribution in [0.5, 0.6) is 0 Å². The Bertz CT molecular complexity index is 281. The molecule has 0 bridgehead atoms. The van der Waals surface area contributed by atoms with Crippen molar-refractivity contribution in [3.63, 3.8) is 0 Å². The Hall–Kier alpha value is -0.510. The minimum atomic E-state index is -1.11. The highest BCUT2D eigenvalue weighted by Gasteiger charge is 2.18. The molecule has 0 unspecified atom stereocenters. The van der Waals surface area contributed by atoms with Gasteiger partial charge in [-0.15, -0.1) is 6.42 Å². The van der Waals surface area contributed by atoms with Gasteiger partial charge in [0.2, 0.25) is 0 Å². The molecule has 19 heavy (non-hydrogen) atoms. The molecule has 0 aromatic heterocycles. The van der Waals surface area contributed by atoms with E-state index < -0.39 is 10.7 Å². The van der Waals surface area contributed by atoms with Crippen molar-refractivity contribution >= 4 is 29.1 Å². The highest BCUT2D eigenvalue weighted by Crippen LogP contribution is 2.06. The van der Waals surface area contributed by atoms with Gasteiger partial charge in [0.25, 0.3) is 5.91 Å². The molecular formula is C12H19Cl2NO4. The lowest BCUT2D eigenvalue weighted by atomic mass is 10.4. The van der Waals surface area contributed by atoms with Gasteiger partial charge in [-0.05, 0) is 0 Å². The molecule has 0 spiro atoms. The van der Waals surface area contributed by atoms with Crippen molar-refractivity contribution in [2.24, 2.45) is 0 Å². The van der Waals surface area contributed by atoms with Gasteiger partial charge >= 0.3 is 0 Å². The van der Waals surface area contributed by atoms with Crippen molar-refractivity contribution in [2.75, 3.05) is 53.2 Å². The van der Waals surface area contributed by atoms with Gasteiger partial charge in [0, 0.05) is 13.7 Å². The quantitative estimate of drug-likeness (QED) is 0.323. The molecule has 0 aromatic rings. The predicted octanol–water partition coefficient (Wildman–Crippen LogP) is 0.932. The third kappa shape index (κ3) is 10.00. The summed E-state index contributed by atoms with van der Waals surface area (Å²) in [5, 5.41) is 0. The molecule has 0 saturated heterocycles. The van der Waals surface area contributed by atoms with E-state index in [0.29, 0.717) is 39.6 Å². The molecule has 0 radical (unpaired) electrons. The lowest BCUT2D eigenvalue weighted by molar-refractivity contribution is -0.129. The van der Waals surface area contributed by atoms with Crippen LogP contribution in [0.3, 0.4) is 0 Å². The molecule has 0 aliphatic heterocycles. The van der Waals surface area contributed by atoms with Crippen LogP contribution >= 0.6 is 23.2 Å². The summed E-state index contributed by atoms with van der Waals surface area (Å²) >= 11 is 11.0. The number of rotatable bonds is 11. The molecule has 0 heterocycles. The summed E-state index contributed by atoms with van der Waals surface area (Å²) in [5.41, 5.74) is 0. The molecule has 0 saturated carbocycles. The summed E-state index contributed by atoms with van der Waals surface area (Å²) in [5.74, 6) is 1.96. The number of hydrogen-bond acceptors (Lipinski definition) is 4. The van der Waals surface area contributed by atoms with Gasteiger partial charge in [0.1, 0.15) is 0 Å². The number of carbonyl (C=O) groups is 1. The van der Waals surface area contributed by atoms with E-state index in [1.54, 1.807) is 7.11 Å². The lowest BCUT2D eigenvalue weighted by Crippen LogP contribution is -2.37. The Morgan fingerprint density at radius 2 is 1.79 bits per heavy atom.